The van der Waals surface area contributed by atoms with Crippen molar-refractivity contribution in [1.82, 2.24) is 0 Å². The number of hydrogen-bond donors (Lipinski definition) is 2. The number of rotatable bonds is 0. The fourth-order valence-corrected chi connectivity index (χ4v) is 6.87. The van der Waals surface area contributed by atoms with Gasteiger partial charge in [0.05, 0.1) is 11.2 Å². The van der Waals surface area contributed by atoms with Crippen LogP contribution in [0.2, 0.25) is 0 Å². The molecule has 2 nitrogen and oxygen atoms in total. The maximum atomic E-state index is 11.0. The molecule has 0 radical (unpaired) electrons. The number of hydrogen-bond acceptors (Lipinski definition) is 2. The van der Waals surface area contributed by atoms with Crippen LogP contribution < -0.4 is 0 Å². The maximum Gasteiger partial charge on any atom is 0.0714 e. The first kappa shape index (κ1) is 8.93. The molecule has 7 fully saturated rings. The SMILES string of the molecule is OC12CC3[C@H]4CC5C[C@@H]3[C@H](C1)C(O)(C5)[C@@H]4C2. The molecule has 0 aliphatic heterocycles. The Bertz CT molecular complexity index is 353. The van der Waals surface area contributed by atoms with Crippen molar-refractivity contribution in [3.8, 4) is 0 Å². The summed E-state index contributed by atoms with van der Waals surface area (Å²) in [5.74, 6) is 4.00. The molecule has 7 saturated carbocycles. The highest BCUT2D eigenvalue weighted by Gasteiger charge is 2.72. The first-order valence-electron chi connectivity index (χ1n) is 7.04. The molecule has 0 spiro atoms. The first-order chi connectivity index (χ1) is 7.59. The van der Waals surface area contributed by atoms with Crippen LogP contribution in [0.1, 0.15) is 38.5 Å². The Kier molecular flexibility index (Phi) is 1.25. The summed E-state index contributed by atoms with van der Waals surface area (Å²) in [7, 11) is 0. The van der Waals surface area contributed by atoms with Gasteiger partial charge < -0.3 is 10.2 Å². The lowest BCUT2D eigenvalue weighted by molar-refractivity contribution is -0.319. The second-order valence-electron chi connectivity index (χ2n) is 7.57. The first-order valence-corrected chi connectivity index (χ1v) is 7.04. The zero-order chi connectivity index (χ0) is 10.7. The van der Waals surface area contributed by atoms with E-state index in [4.69, 9.17) is 0 Å². The lowest BCUT2D eigenvalue weighted by Crippen LogP contribution is -2.74. The molecule has 88 valence electrons. The molecule has 0 saturated heterocycles. The molecule has 7 aliphatic carbocycles. The zero-order valence-corrected chi connectivity index (χ0v) is 9.60. The van der Waals surface area contributed by atoms with E-state index in [1.54, 1.807) is 0 Å². The third-order valence-electron chi connectivity index (χ3n) is 7.06. The average Bonchev–Trinajstić information content (AvgIpc) is 2.24. The molecule has 0 aromatic rings. The van der Waals surface area contributed by atoms with Crippen molar-refractivity contribution in [2.75, 3.05) is 0 Å². The molecule has 7 rings (SSSR count). The second-order valence-corrected chi connectivity index (χ2v) is 7.57. The Labute approximate surface area is 96.0 Å². The third kappa shape index (κ3) is 0.743. The molecule has 0 aromatic carbocycles. The van der Waals surface area contributed by atoms with E-state index in [1.165, 1.54) is 12.8 Å². The van der Waals surface area contributed by atoms with Crippen LogP contribution in [-0.2, 0) is 0 Å². The van der Waals surface area contributed by atoms with Gasteiger partial charge in [-0.1, -0.05) is 0 Å². The Hall–Kier alpha value is -0.0800. The van der Waals surface area contributed by atoms with Gasteiger partial charge >= 0.3 is 0 Å². The molecule has 2 N–H and O–H groups in total. The van der Waals surface area contributed by atoms with E-state index in [9.17, 15) is 10.2 Å². The topological polar surface area (TPSA) is 40.5 Å². The van der Waals surface area contributed by atoms with Gasteiger partial charge in [-0.05, 0) is 74.0 Å². The lowest BCUT2D eigenvalue weighted by Gasteiger charge is -2.74. The van der Waals surface area contributed by atoms with Gasteiger partial charge in [0.15, 0.2) is 0 Å². The van der Waals surface area contributed by atoms with Gasteiger partial charge in [0.2, 0.25) is 0 Å². The van der Waals surface area contributed by atoms with Crippen LogP contribution in [0.4, 0.5) is 0 Å². The van der Waals surface area contributed by atoms with Crippen LogP contribution in [0, 0.1) is 35.5 Å². The quantitative estimate of drug-likeness (QED) is 0.650. The summed E-state index contributed by atoms with van der Waals surface area (Å²) in [6.45, 7) is 0. The van der Waals surface area contributed by atoms with Gasteiger partial charge in [-0.2, -0.15) is 0 Å². The summed E-state index contributed by atoms with van der Waals surface area (Å²) in [5, 5.41) is 21.6. The smallest absolute Gasteiger partial charge is 0.0714 e. The predicted molar refractivity (Wildman–Crippen MR) is 58.5 cm³/mol. The van der Waals surface area contributed by atoms with Gasteiger partial charge in [0, 0.05) is 0 Å². The van der Waals surface area contributed by atoms with Crippen molar-refractivity contribution in [2.45, 2.75) is 49.7 Å². The molecular weight excluding hydrogens is 200 g/mol. The Morgan fingerprint density at radius 3 is 2.00 bits per heavy atom. The van der Waals surface area contributed by atoms with E-state index >= 15 is 0 Å². The van der Waals surface area contributed by atoms with Crippen LogP contribution in [0.5, 0.6) is 0 Å². The van der Waals surface area contributed by atoms with Crippen LogP contribution >= 0.6 is 0 Å². The molecule has 0 aromatic heterocycles. The Morgan fingerprint density at radius 2 is 1.38 bits per heavy atom. The van der Waals surface area contributed by atoms with E-state index in [2.05, 4.69) is 0 Å². The monoisotopic (exact) mass is 220 g/mol. The summed E-state index contributed by atoms with van der Waals surface area (Å²) >= 11 is 0. The Morgan fingerprint density at radius 1 is 0.750 bits per heavy atom. The van der Waals surface area contributed by atoms with Crippen LogP contribution in [0.15, 0.2) is 0 Å². The van der Waals surface area contributed by atoms with Gasteiger partial charge in [-0.15, -0.1) is 0 Å². The van der Waals surface area contributed by atoms with E-state index in [-0.39, 0.29) is 11.2 Å². The Balaban J connectivity index is 1.73. The molecule has 2 heteroatoms. The van der Waals surface area contributed by atoms with Crippen LogP contribution in [0.25, 0.3) is 0 Å². The molecule has 0 heterocycles. The largest absolute Gasteiger partial charge is 0.390 e. The highest BCUT2D eigenvalue weighted by molar-refractivity contribution is 5.22. The minimum atomic E-state index is -0.386. The molecule has 7 aliphatic rings. The molecule has 4 unspecified atom stereocenters. The zero-order valence-electron chi connectivity index (χ0n) is 9.60. The molecule has 8 bridgehead atoms. The van der Waals surface area contributed by atoms with Gasteiger partial charge in [0.25, 0.3) is 0 Å². The molecule has 0 amide bonds. The van der Waals surface area contributed by atoms with Gasteiger partial charge in [0.1, 0.15) is 0 Å². The predicted octanol–water partition coefficient (Wildman–Crippen LogP) is 1.55. The van der Waals surface area contributed by atoms with Crippen molar-refractivity contribution in [1.29, 1.82) is 0 Å². The maximum absolute atomic E-state index is 11.0. The van der Waals surface area contributed by atoms with E-state index < -0.39 is 0 Å². The highest BCUT2D eigenvalue weighted by Crippen LogP contribution is 2.73. The van der Waals surface area contributed by atoms with Crippen molar-refractivity contribution < 1.29 is 10.2 Å². The highest BCUT2D eigenvalue weighted by atomic mass is 16.3. The molecule has 8 atom stereocenters. The van der Waals surface area contributed by atoms with Gasteiger partial charge in [-0.25, -0.2) is 0 Å². The van der Waals surface area contributed by atoms with Crippen molar-refractivity contribution in [2.24, 2.45) is 35.5 Å². The molecular formula is C14H20O2. The standard InChI is InChI=1S/C14H20O2/c15-13-4-10-8-1-7-2-9(10)12(6-13)14(16,3-7)11(8)5-13/h7-12,15-16H,1-6H2/t7?,8-,9+,10?,11-,12+,13?,14?. The normalized spacial score (nSPS) is 73.9. The fraction of sp³-hybridized carbons (Fsp3) is 1.00. The minimum absolute atomic E-state index is 0.361. The third-order valence-corrected chi connectivity index (χ3v) is 7.06. The van der Waals surface area contributed by atoms with Crippen LogP contribution in [-0.4, -0.2) is 21.4 Å². The minimum Gasteiger partial charge on any atom is -0.390 e. The second kappa shape index (κ2) is 2.24. The summed E-state index contributed by atoms with van der Waals surface area (Å²) in [6, 6.07) is 0. The lowest BCUT2D eigenvalue weighted by atomic mass is 9.33. The average molecular weight is 220 g/mol. The van der Waals surface area contributed by atoms with Crippen LogP contribution in [0.3, 0.4) is 0 Å². The van der Waals surface area contributed by atoms with E-state index in [0.717, 1.165) is 49.4 Å². The summed E-state index contributed by atoms with van der Waals surface area (Å²) in [4.78, 5) is 0. The van der Waals surface area contributed by atoms with Crippen molar-refractivity contribution in [3.63, 3.8) is 0 Å². The van der Waals surface area contributed by atoms with E-state index in [0.29, 0.717) is 11.8 Å². The summed E-state index contributed by atoms with van der Waals surface area (Å²) in [5.41, 5.74) is -0.747. The fourth-order valence-electron chi connectivity index (χ4n) is 6.87. The number of aliphatic hydroxyl groups is 2. The summed E-state index contributed by atoms with van der Waals surface area (Å²) in [6.07, 6.45) is 6.63. The van der Waals surface area contributed by atoms with E-state index in [1.807, 2.05) is 0 Å². The van der Waals surface area contributed by atoms with Crippen molar-refractivity contribution >= 4 is 0 Å². The molecule has 16 heavy (non-hydrogen) atoms. The van der Waals surface area contributed by atoms with Crippen molar-refractivity contribution in [3.05, 3.63) is 0 Å². The van der Waals surface area contributed by atoms with Gasteiger partial charge in [-0.3, -0.25) is 0 Å². The summed E-state index contributed by atoms with van der Waals surface area (Å²) < 4.78 is 0.